The molecule has 28 heavy (non-hydrogen) atoms. The van der Waals surface area contributed by atoms with E-state index in [0.717, 1.165) is 17.5 Å². The normalized spacial score (nSPS) is 11.9. The standard InChI is InChI=1S/C21H24N4O2S/c1-16(18-11-7-4-8-12-18)24(2)19(26)15-28-21-23-22-20(27)25(21)14-13-17-9-5-3-6-10-17/h3-12,16H,13-15H2,1-2H3,(H,22,27)/t16-/m1/s1. The van der Waals surface area contributed by atoms with Gasteiger partial charge in [0.2, 0.25) is 5.91 Å². The van der Waals surface area contributed by atoms with Crippen LogP contribution in [0, 0.1) is 0 Å². The molecule has 0 saturated carbocycles. The number of hydrogen-bond acceptors (Lipinski definition) is 4. The molecule has 0 saturated heterocycles. The van der Waals surface area contributed by atoms with Gasteiger partial charge >= 0.3 is 5.69 Å². The Hall–Kier alpha value is -2.80. The van der Waals surface area contributed by atoms with Crippen molar-refractivity contribution in [3.63, 3.8) is 0 Å². The Bertz CT molecular complexity index is 953. The van der Waals surface area contributed by atoms with Crippen LogP contribution < -0.4 is 5.69 Å². The number of thioether (sulfide) groups is 1. The van der Waals surface area contributed by atoms with Crippen molar-refractivity contribution >= 4 is 17.7 Å². The average Bonchev–Trinajstić information content (AvgIpc) is 3.10. The molecule has 3 aromatic rings. The average molecular weight is 397 g/mol. The summed E-state index contributed by atoms with van der Waals surface area (Å²) in [7, 11) is 1.80. The smallest absolute Gasteiger partial charge is 0.338 e. The third kappa shape index (κ3) is 4.92. The first-order valence-corrected chi connectivity index (χ1v) is 10.2. The van der Waals surface area contributed by atoms with Crippen LogP contribution in [0.3, 0.4) is 0 Å². The lowest BCUT2D eigenvalue weighted by Gasteiger charge is -2.25. The van der Waals surface area contributed by atoms with Crippen LogP contribution in [0.2, 0.25) is 0 Å². The molecule has 2 aromatic carbocycles. The number of amides is 1. The number of aromatic nitrogens is 3. The molecule has 3 rings (SSSR count). The number of carbonyl (C=O) groups excluding carboxylic acids is 1. The van der Waals surface area contributed by atoms with Gasteiger partial charge in [-0.1, -0.05) is 72.4 Å². The Morgan fingerprint density at radius 2 is 1.79 bits per heavy atom. The maximum Gasteiger partial charge on any atom is 0.343 e. The molecule has 0 radical (unpaired) electrons. The molecule has 0 unspecified atom stereocenters. The van der Waals surface area contributed by atoms with Crippen LogP contribution in [-0.4, -0.2) is 38.4 Å². The van der Waals surface area contributed by atoms with E-state index >= 15 is 0 Å². The van der Waals surface area contributed by atoms with Crippen molar-refractivity contribution in [2.45, 2.75) is 31.1 Å². The van der Waals surface area contributed by atoms with Gasteiger partial charge in [-0.2, -0.15) is 0 Å². The third-order valence-corrected chi connectivity index (χ3v) is 5.73. The number of aromatic amines is 1. The third-order valence-electron chi connectivity index (χ3n) is 4.77. The zero-order chi connectivity index (χ0) is 19.9. The molecule has 0 aliphatic rings. The highest BCUT2D eigenvalue weighted by Crippen LogP contribution is 2.21. The summed E-state index contributed by atoms with van der Waals surface area (Å²) in [5.74, 6) is 0.218. The Balaban J connectivity index is 1.60. The number of rotatable bonds is 8. The van der Waals surface area contributed by atoms with E-state index in [1.54, 1.807) is 16.5 Å². The fourth-order valence-electron chi connectivity index (χ4n) is 2.90. The summed E-state index contributed by atoms with van der Waals surface area (Å²) in [6, 6.07) is 19.9. The van der Waals surface area contributed by atoms with Crippen LogP contribution >= 0.6 is 11.8 Å². The summed E-state index contributed by atoms with van der Waals surface area (Å²) in [4.78, 5) is 26.4. The van der Waals surface area contributed by atoms with Crippen molar-refractivity contribution in [3.8, 4) is 0 Å². The van der Waals surface area contributed by atoms with Gasteiger partial charge in [0, 0.05) is 13.6 Å². The molecule has 0 bridgehead atoms. The topological polar surface area (TPSA) is 71.0 Å². The van der Waals surface area contributed by atoms with E-state index in [1.165, 1.54) is 11.8 Å². The van der Waals surface area contributed by atoms with E-state index in [0.29, 0.717) is 11.7 Å². The van der Waals surface area contributed by atoms with Crippen LogP contribution in [-0.2, 0) is 17.8 Å². The first kappa shape index (κ1) is 19.9. The first-order valence-electron chi connectivity index (χ1n) is 9.19. The first-order chi connectivity index (χ1) is 13.6. The van der Waals surface area contributed by atoms with Gasteiger partial charge in [0.15, 0.2) is 5.16 Å². The number of hydrogen-bond donors (Lipinski definition) is 1. The summed E-state index contributed by atoms with van der Waals surface area (Å²) < 4.78 is 1.59. The van der Waals surface area contributed by atoms with Crippen molar-refractivity contribution < 1.29 is 4.79 Å². The molecule has 0 spiro atoms. The van der Waals surface area contributed by atoms with Gasteiger partial charge in [0.1, 0.15) is 0 Å². The lowest BCUT2D eigenvalue weighted by molar-refractivity contribution is -0.128. The molecule has 1 amide bonds. The second-order valence-corrected chi connectivity index (χ2v) is 7.52. The number of nitrogens with zero attached hydrogens (tertiary/aromatic N) is 3. The van der Waals surface area contributed by atoms with E-state index in [1.807, 2.05) is 67.6 Å². The molecule has 0 aliphatic carbocycles. The molecule has 0 aliphatic heterocycles. The SMILES string of the molecule is C[C@H](c1ccccc1)N(C)C(=O)CSc1n[nH]c(=O)n1CCc1ccccc1. The van der Waals surface area contributed by atoms with Gasteiger partial charge in [-0.05, 0) is 24.5 Å². The van der Waals surface area contributed by atoms with E-state index in [2.05, 4.69) is 10.2 Å². The maximum absolute atomic E-state index is 12.6. The zero-order valence-corrected chi connectivity index (χ0v) is 16.9. The van der Waals surface area contributed by atoms with Crippen LogP contribution in [0.15, 0.2) is 70.6 Å². The molecule has 0 fully saturated rings. The maximum atomic E-state index is 12.6. The van der Waals surface area contributed by atoms with Crippen LogP contribution in [0.5, 0.6) is 0 Å². The Morgan fingerprint density at radius 3 is 2.46 bits per heavy atom. The predicted octanol–water partition coefficient (Wildman–Crippen LogP) is 3.13. The van der Waals surface area contributed by atoms with Crippen molar-refractivity contribution in [2.75, 3.05) is 12.8 Å². The lowest BCUT2D eigenvalue weighted by Crippen LogP contribution is -2.31. The van der Waals surface area contributed by atoms with Gasteiger partial charge < -0.3 is 4.90 Å². The summed E-state index contributed by atoms with van der Waals surface area (Å²) in [6.45, 7) is 2.52. The zero-order valence-electron chi connectivity index (χ0n) is 16.0. The fourth-order valence-corrected chi connectivity index (χ4v) is 3.79. The number of carbonyl (C=O) groups is 1. The van der Waals surface area contributed by atoms with Crippen LogP contribution in [0.1, 0.15) is 24.1 Å². The minimum absolute atomic E-state index is 0.00795. The molecule has 7 heteroatoms. The molecule has 1 heterocycles. The minimum Gasteiger partial charge on any atom is -0.338 e. The summed E-state index contributed by atoms with van der Waals surface area (Å²) >= 11 is 1.28. The van der Waals surface area contributed by atoms with Crippen LogP contribution in [0.25, 0.3) is 0 Å². The molecular weight excluding hydrogens is 372 g/mol. The molecule has 6 nitrogen and oxygen atoms in total. The van der Waals surface area contributed by atoms with E-state index in [4.69, 9.17) is 0 Å². The second kappa shape index (κ2) is 9.41. The summed E-state index contributed by atoms with van der Waals surface area (Å²) in [6.07, 6.45) is 0.729. The van der Waals surface area contributed by atoms with Gasteiger partial charge in [-0.3, -0.25) is 9.36 Å². The highest BCUT2D eigenvalue weighted by molar-refractivity contribution is 7.99. The molecule has 1 aromatic heterocycles. The van der Waals surface area contributed by atoms with E-state index < -0.39 is 0 Å². The highest BCUT2D eigenvalue weighted by atomic mass is 32.2. The summed E-state index contributed by atoms with van der Waals surface area (Å²) in [5, 5.41) is 7.10. The van der Waals surface area contributed by atoms with Gasteiger partial charge in [0.05, 0.1) is 11.8 Å². The van der Waals surface area contributed by atoms with Crippen molar-refractivity contribution in [1.82, 2.24) is 19.7 Å². The molecular formula is C21H24N4O2S. The Morgan fingerprint density at radius 1 is 1.14 bits per heavy atom. The van der Waals surface area contributed by atoms with Crippen LogP contribution in [0.4, 0.5) is 0 Å². The number of nitrogens with one attached hydrogen (secondary N) is 1. The Kier molecular flexibility index (Phi) is 6.71. The van der Waals surface area contributed by atoms with E-state index in [9.17, 15) is 9.59 Å². The fraction of sp³-hybridized carbons (Fsp3) is 0.286. The number of benzene rings is 2. The summed E-state index contributed by atoms with van der Waals surface area (Å²) in [5.41, 5.74) is 1.99. The highest BCUT2D eigenvalue weighted by Gasteiger charge is 2.19. The van der Waals surface area contributed by atoms with Gasteiger partial charge in [-0.25, -0.2) is 9.89 Å². The molecule has 1 N–H and O–H groups in total. The second-order valence-electron chi connectivity index (χ2n) is 6.58. The van der Waals surface area contributed by atoms with Gasteiger partial charge in [-0.15, -0.1) is 5.10 Å². The van der Waals surface area contributed by atoms with Crippen molar-refractivity contribution in [2.24, 2.45) is 0 Å². The minimum atomic E-state index is -0.253. The predicted molar refractivity (Wildman–Crippen MR) is 111 cm³/mol. The lowest BCUT2D eigenvalue weighted by atomic mass is 10.1. The molecule has 146 valence electrons. The Labute approximate surface area is 168 Å². The number of H-pyrrole nitrogens is 1. The van der Waals surface area contributed by atoms with E-state index in [-0.39, 0.29) is 23.4 Å². The quantitative estimate of drug-likeness (QED) is 0.594. The number of aryl methyl sites for hydroxylation is 1. The monoisotopic (exact) mass is 396 g/mol. The van der Waals surface area contributed by atoms with Crippen molar-refractivity contribution in [3.05, 3.63) is 82.3 Å². The van der Waals surface area contributed by atoms with Gasteiger partial charge in [0.25, 0.3) is 0 Å². The molecule has 1 atom stereocenters. The van der Waals surface area contributed by atoms with Crippen molar-refractivity contribution in [1.29, 1.82) is 0 Å². The largest absolute Gasteiger partial charge is 0.343 e.